The number of benzene rings is 2. The summed E-state index contributed by atoms with van der Waals surface area (Å²) < 4.78 is 5.78. The minimum absolute atomic E-state index is 0.0783. The molecule has 4 nitrogen and oxygen atoms in total. The predicted molar refractivity (Wildman–Crippen MR) is 99.7 cm³/mol. The average molecular weight is 347 g/mol. The average Bonchev–Trinajstić information content (AvgIpc) is 2.91. The highest BCUT2D eigenvalue weighted by molar-refractivity contribution is 6.22. The van der Waals surface area contributed by atoms with Crippen molar-refractivity contribution in [1.82, 2.24) is 0 Å². The first-order valence-electron chi connectivity index (χ1n) is 8.94. The fourth-order valence-corrected chi connectivity index (χ4v) is 3.72. The number of nitrogens with zero attached hydrogens (tertiary/aromatic N) is 1. The lowest BCUT2D eigenvalue weighted by Crippen LogP contribution is -2.30. The van der Waals surface area contributed by atoms with Gasteiger partial charge in [0.15, 0.2) is 0 Å². The van der Waals surface area contributed by atoms with Gasteiger partial charge in [-0.3, -0.25) is 14.5 Å². The Bertz CT molecular complexity index is 855. The van der Waals surface area contributed by atoms with Crippen LogP contribution in [-0.4, -0.2) is 11.8 Å². The second-order valence-corrected chi connectivity index (χ2v) is 6.98. The number of hydrogen-bond acceptors (Lipinski definition) is 3. The molecule has 0 saturated carbocycles. The van der Waals surface area contributed by atoms with Crippen LogP contribution in [0.2, 0.25) is 0 Å². The fourth-order valence-electron chi connectivity index (χ4n) is 3.72. The Morgan fingerprint density at radius 2 is 1.65 bits per heavy atom. The first-order chi connectivity index (χ1) is 12.6. The zero-order chi connectivity index (χ0) is 18.1. The van der Waals surface area contributed by atoms with Crippen molar-refractivity contribution in [2.75, 3.05) is 4.90 Å². The van der Waals surface area contributed by atoms with Crippen LogP contribution in [0.25, 0.3) is 0 Å². The molecule has 2 unspecified atom stereocenters. The van der Waals surface area contributed by atoms with Gasteiger partial charge in [-0.2, -0.15) is 0 Å². The van der Waals surface area contributed by atoms with Crippen molar-refractivity contribution in [3.8, 4) is 5.75 Å². The van der Waals surface area contributed by atoms with Crippen LogP contribution in [0.1, 0.15) is 25.3 Å². The summed E-state index contributed by atoms with van der Waals surface area (Å²) in [5, 5.41) is 0. The largest absolute Gasteiger partial charge is 0.489 e. The van der Waals surface area contributed by atoms with Gasteiger partial charge in [0.25, 0.3) is 0 Å². The van der Waals surface area contributed by atoms with Crippen molar-refractivity contribution >= 4 is 17.5 Å². The van der Waals surface area contributed by atoms with Gasteiger partial charge in [-0.15, -0.1) is 0 Å². The van der Waals surface area contributed by atoms with Crippen LogP contribution in [0.4, 0.5) is 5.69 Å². The van der Waals surface area contributed by atoms with E-state index >= 15 is 0 Å². The third-order valence-electron chi connectivity index (χ3n) is 5.17. The van der Waals surface area contributed by atoms with Gasteiger partial charge in [-0.05, 0) is 49.6 Å². The summed E-state index contributed by atoms with van der Waals surface area (Å²) in [4.78, 5) is 26.8. The van der Waals surface area contributed by atoms with E-state index in [0.717, 1.165) is 5.56 Å². The summed E-state index contributed by atoms with van der Waals surface area (Å²) >= 11 is 0. The number of amides is 2. The molecule has 0 spiro atoms. The maximum atomic E-state index is 12.7. The van der Waals surface area contributed by atoms with Gasteiger partial charge in [-0.1, -0.05) is 42.0 Å². The fraction of sp³-hybridized carbons (Fsp3) is 0.273. The van der Waals surface area contributed by atoms with Crippen LogP contribution in [-0.2, 0) is 16.2 Å². The van der Waals surface area contributed by atoms with E-state index in [1.165, 1.54) is 10.5 Å². The van der Waals surface area contributed by atoms with E-state index in [4.69, 9.17) is 4.74 Å². The Morgan fingerprint density at radius 1 is 0.962 bits per heavy atom. The van der Waals surface area contributed by atoms with Gasteiger partial charge in [-0.25, -0.2) is 0 Å². The zero-order valence-electron chi connectivity index (χ0n) is 14.7. The second-order valence-electron chi connectivity index (χ2n) is 6.98. The van der Waals surface area contributed by atoms with Gasteiger partial charge < -0.3 is 4.74 Å². The molecule has 4 rings (SSSR count). The summed E-state index contributed by atoms with van der Waals surface area (Å²) in [6, 6.07) is 17.1. The summed E-state index contributed by atoms with van der Waals surface area (Å²) in [5.41, 5.74) is 2.91. The van der Waals surface area contributed by atoms with E-state index < -0.39 is 0 Å². The van der Waals surface area contributed by atoms with Crippen LogP contribution in [0.5, 0.6) is 5.75 Å². The number of rotatable bonds is 4. The third kappa shape index (κ3) is 3.03. The number of imide groups is 1. The number of anilines is 1. The number of carbonyl (C=O) groups is 2. The van der Waals surface area contributed by atoms with E-state index in [0.29, 0.717) is 30.9 Å². The molecule has 2 atom stereocenters. The van der Waals surface area contributed by atoms with E-state index in [1.54, 1.807) is 12.1 Å². The molecule has 4 heteroatoms. The topological polar surface area (TPSA) is 46.6 Å². The molecule has 1 fully saturated rings. The lowest BCUT2D eigenvalue weighted by atomic mass is 9.82. The molecule has 0 N–H and O–H groups in total. The Balaban J connectivity index is 1.47. The van der Waals surface area contributed by atoms with Gasteiger partial charge in [0.2, 0.25) is 11.8 Å². The number of allylic oxidation sites excluding steroid dienone is 2. The highest BCUT2D eigenvalue weighted by Gasteiger charge is 2.48. The van der Waals surface area contributed by atoms with Crippen LogP contribution in [0.15, 0.2) is 66.2 Å². The van der Waals surface area contributed by atoms with Crippen LogP contribution < -0.4 is 9.64 Å². The van der Waals surface area contributed by atoms with Crippen molar-refractivity contribution in [3.63, 3.8) is 0 Å². The van der Waals surface area contributed by atoms with Crippen molar-refractivity contribution in [3.05, 3.63) is 71.8 Å². The van der Waals surface area contributed by atoms with Crippen LogP contribution in [0, 0.1) is 11.8 Å². The highest BCUT2D eigenvalue weighted by Crippen LogP contribution is 2.39. The van der Waals surface area contributed by atoms with E-state index in [-0.39, 0.29) is 23.7 Å². The molecular formula is C22H21NO3. The molecule has 0 radical (unpaired) electrons. The van der Waals surface area contributed by atoms with Gasteiger partial charge in [0, 0.05) is 0 Å². The Morgan fingerprint density at radius 3 is 2.38 bits per heavy atom. The molecule has 0 bridgehead atoms. The molecule has 1 saturated heterocycles. The van der Waals surface area contributed by atoms with E-state index in [9.17, 15) is 9.59 Å². The summed E-state index contributed by atoms with van der Waals surface area (Å²) in [5.74, 6) is 0.139. The molecular weight excluding hydrogens is 326 g/mol. The van der Waals surface area contributed by atoms with Crippen LogP contribution >= 0.6 is 0 Å². The Kier molecular flexibility index (Phi) is 4.33. The van der Waals surface area contributed by atoms with Gasteiger partial charge >= 0.3 is 0 Å². The summed E-state index contributed by atoms with van der Waals surface area (Å²) in [6.45, 7) is 2.51. The molecule has 1 aliphatic carbocycles. The molecule has 2 aromatic carbocycles. The molecule has 1 heterocycles. The normalized spacial score (nSPS) is 22.2. The van der Waals surface area contributed by atoms with Gasteiger partial charge in [0.05, 0.1) is 17.5 Å². The second kappa shape index (κ2) is 6.79. The van der Waals surface area contributed by atoms with E-state index in [2.05, 4.69) is 6.08 Å². The molecule has 26 heavy (non-hydrogen) atoms. The molecule has 2 aromatic rings. The summed E-state index contributed by atoms with van der Waals surface area (Å²) in [6.07, 6.45) is 3.43. The van der Waals surface area contributed by atoms with Crippen molar-refractivity contribution < 1.29 is 14.3 Å². The maximum Gasteiger partial charge on any atom is 0.238 e. The number of carbonyl (C=O) groups excluding carboxylic acids is 2. The number of ether oxygens (including phenoxy) is 1. The number of fused-ring (bicyclic) bond motifs is 1. The minimum atomic E-state index is -0.208. The lowest BCUT2D eigenvalue weighted by Gasteiger charge is -2.18. The summed E-state index contributed by atoms with van der Waals surface area (Å²) in [7, 11) is 0. The molecule has 2 amide bonds. The van der Waals surface area contributed by atoms with Crippen molar-refractivity contribution in [1.29, 1.82) is 0 Å². The van der Waals surface area contributed by atoms with E-state index in [1.807, 2.05) is 49.4 Å². The number of hydrogen-bond donors (Lipinski definition) is 0. The lowest BCUT2D eigenvalue weighted by molar-refractivity contribution is -0.122. The Labute approximate surface area is 153 Å². The Hall–Kier alpha value is -2.88. The molecule has 0 aromatic heterocycles. The van der Waals surface area contributed by atoms with Crippen molar-refractivity contribution in [2.24, 2.45) is 11.8 Å². The van der Waals surface area contributed by atoms with Crippen molar-refractivity contribution in [2.45, 2.75) is 26.4 Å². The monoisotopic (exact) mass is 347 g/mol. The van der Waals surface area contributed by atoms with Crippen LogP contribution in [0.3, 0.4) is 0 Å². The first kappa shape index (κ1) is 16.6. The first-order valence-corrected chi connectivity index (χ1v) is 8.94. The molecule has 1 aliphatic heterocycles. The zero-order valence-corrected chi connectivity index (χ0v) is 14.7. The molecule has 132 valence electrons. The standard InChI is InChI=1S/C22H21NO3/c1-15-7-12-19-20(13-15)22(25)23(21(19)24)17-8-10-18(11-9-17)26-14-16-5-3-2-4-6-16/h2-11,19-20H,12-14H2,1H3. The SMILES string of the molecule is CC1=CCC2C(=O)N(c3ccc(OCc4ccccc4)cc3)C(=O)C2C1. The third-order valence-corrected chi connectivity index (χ3v) is 5.17. The quantitative estimate of drug-likeness (QED) is 0.618. The smallest absolute Gasteiger partial charge is 0.238 e. The predicted octanol–water partition coefficient (Wildman–Crippen LogP) is 4.11. The minimum Gasteiger partial charge on any atom is -0.489 e. The highest BCUT2D eigenvalue weighted by atomic mass is 16.5. The maximum absolute atomic E-state index is 12.7. The van der Waals surface area contributed by atoms with Gasteiger partial charge in [0.1, 0.15) is 12.4 Å². The molecule has 2 aliphatic rings.